The molecule has 1 heterocycles. The maximum absolute atomic E-state index is 14.0. The number of nitrogens with one attached hydrogen (secondary N) is 1. The van der Waals surface area contributed by atoms with E-state index in [4.69, 9.17) is 18.9 Å². The number of piperidine rings is 1. The largest absolute Gasteiger partial charge is 0.497 e. The molecule has 1 aliphatic rings. The molecule has 43 heavy (non-hydrogen) atoms. The minimum absolute atomic E-state index is 0.0646. The third kappa shape index (κ3) is 6.98. The second-order valence-electron chi connectivity index (χ2n) is 9.60. The van der Waals surface area contributed by atoms with Crippen LogP contribution >= 0.6 is 0 Å². The first kappa shape index (κ1) is 31.9. The van der Waals surface area contributed by atoms with Gasteiger partial charge in [-0.15, -0.1) is 0 Å². The standard InChI is InChI=1S/C29H35N3O9S2/c1-38-22-10-14-26(39-2)25(18-22)32(43(36,37)24-13-15-27(40-3)28(19-24)41-4)20-29(33)30-21-8-11-23(12-9-21)42(34,35)31-16-6-5-7-17-31/h8-15,18-19H,5-7,16-17,20H2,1-4H3,(H,30,33). The van der Waals surface area contributed by atoms with Gasteiger partial charge in [-0.05, 0) is 61.4 Å². The van der Waals surface area contributed by atoms with E-state index in [-0.39, 0.29) is 27.0 Å². The predicted octanol–water partition coefficient (Wildman–Crippen LogP) is 3.73. The van der Waals surface area contributed by atoms with Gasteiger partial charge in [-0.1, -0.05) is 6.42 Å². The molecule has 12 nitrogen and oxygen atoms in total. The topological polar surface area (TPSA) is 141 Å². The zero-order valence-electron chi connectivity index (χ0n) is 24.4. The van der Waals surface area contributed by atoms with E-state index in [1.165, 1.54) is 87.3 Å². The fourth-order valence-corrected chi connectivity index (χ4v) is 7.65. The number of sulfonamides is 2. The Balaban J connectivity index is 1.65. The summed E-state index contributed by atoms with van der Waals surface area (Å²) >= 11 is 0. The van der Waals surface area contributed by atoms with E-state index in [1.807, 2.05) is 0 Å². The van der Waals surface area contributed by atoms with Gasteiger partial charge < -0.3 is 24.3 Å². The number of ether oxygens (including phenoxy) is 4. The van der Waals surface area contributed by atoms with E-state index < -0.39 is 32.5 Å². The lowest BCUT2D eigenvalue weighted by Crippen LogP contribution is -2.38. The van der Waals surface area contributed by atoms with Crippen molar-refractivity contribution in [2.24, 2.45) is 0 Å². The number of methoxy groups -OCH3 is 4. The number of hydrogen-bond donors (Lipinski definition) is 1. The molecule has 0 aliphatic carbocycles. The van der Waals surface area contributed by atoms with Crippen LogP contribution in [0.3, 0.4) is 0 Å². The van der Waals surface area contributed by atoms with Crippen LogP contribution < -0.4 is 28.6 Å². The molecule has 0 aromatic heterocycles. The molecule has 1 N–H and O–H groups in total. The number of amides is 1. The van der Waals surface area contributed by atoms with Crippen LogP contribution in [0.15, 0.2) is 70.5 Å². The summed E-state index contributed by atoms with van der Waals surface area (Å²) in [4.78, 5) is 13.3. The number of hydrogen-bond acceptors (Lipinski definition) is 9. The molecule has 0 bridgehead atoms. The lowest BCUT2D eigenvalue weighted by molar-refractivity contribution is -0.114. The molecule has 0 unspecified atom stereocenters. The Bertz CT molecular complexity index is 1650. The molecule has 1 fully saturated rings. The minimum atomic E-state index is -4.38. The van der Waals surface area contributed by atoms with Gasteiger partial charge in [0.15, 0.2) is 11.5 Å². The Labute approximate surface area is 252 Å². The number of benzene rings is 3. The number of anilines is 2. The first-order chi connectivity index (χ1) is 20.5. The monoisotopic (exact) mass is 633 g/mol. The predicted molar refractivity (Wildman–Crippen MR) is 161 cm³/mol. The number of carbonyl (C=O) groups is 1. The fraction of sp³-hybridized carbons (Fsp3) is 0.345. The molecule has 4 rings (SSSR count). The molecule has 232 valence electrons. The van der Waals surface area contributed by atoms with E-state index >= 15 is 0 Å². The highest BCUT2D eigenvalue weighted by atomic mass is 32.2. The molecule has 1 amide bonds. The molecule has 14 heteroatoms. The Morgan fingerprint density at radius 1 is 0.744 bits per heavy atom. The maximum atomic E-state index is 14.0. The van der Waals surface area contributed by atoms with Gasteiger partial charge in [0.1, 0.15) is 18.0 Å². The first-order valence-electron chi connectivity index (χ1n) is 13.4. The van der Waals surface area contributed by atoms with Crippen molar-refractivity contribution in [1.29, 1.82) is 0 Å². The van der Waals surface area contributed by atoms with Gasteiger partial charge in [0.05, 0.1) is 43.9 Å². The van der Waals surface area contributed by atoms with Crippen LogP contribution in [0.1, 0.15) is 19.3 Å². The quantitative estimate of drug-likeness (QED) is 0.316. The van der Waals surface area contributed by atoms with Crippen molar-refractivity contribution >= 4 is 37.3 Å². The highest BCUT2D eigenvalue weighted by Gasteiger charge is 2.31. The van der Waals surface area contributed by atoms with Crippen molar-refractivity contribution in [2.75, 3.05) is 57.7 Å². The van der Waals surface area contributed by atoms with Crippen LogP contribution in [-0.2, 0) is 24.8 Å². The number of rotatable bonds is 12. The van der Waals surface area contributed by atoms with Crippen molar-refractivity contribution in [3.8, 4) is 23.0 Å². The fourth-order valence-electron chi connectivity index (χ4n) is 4.69. The number of nitrogens with zero attached hydrogens (tertiary/aromatic N) is 2. The molecule has 0 radical (unpaired) electrons. The van der Waals surface area contributed by atoms with Gasteiger partial charge in [0.2, 0.25) is 15.9 Å². The molecular formula is C29H35N3O9S2. The van der Waals surface area contributed by atoms with E-state index in [0.29, 0.717) is 30.3 Å². The van der Waals surface area contributed by atoms with Gasteiger partial charge in [0, 0.05) is 30.9 Å². The van der Waals surface area contributed by atoms with Crippen LogP contribution in [0.4, 0.5) is 11.4 Å². The number of carbonyl (C=O) groups excluding carboxylic acids is 1. The van der Waals surface area contributed by atoms with Crippen LogP contribution in [0.25, 0.3) is 0 Å². The van der Waals surface area contributed by atoms with Gasteiger partial charge in [-0.25, -0.2) is 16.8 Å². The van der Waals surface area contributed by atoms with E-state index in [2.05, 4.69) is 5.32 Å². The maximum Gasteiger partial charge on any atom is 0.265 e. The van der Waals surface area contributed by atoms with Crippen LogP contribution in [0, 0.1) is 0 Å². The molecule has 1 saturated heterocycles. The smallest absolute Gasteiger partial charge is 0.265 e. The Morgan fingerprint density at radius 3 is 1.95 bits per heavy atom. The Morgan fingerprint density at radius 2 is 1.35 bits per heavy atom. The molecule has 0 saturated carbocycles. The second kappa shape index (κ2) is 13.5. The van der Waals surface area contributed by atoms with E-state index in [0.717, 1.165) is 23.6 Å². The summed E-state index contributed by atoms with van der Waals surface area (Å²) in [5, 5.41) is 2.66. The zero-order chi connectivity index (χ0) is 31.2. The van der Waals surface area contributed by atoms with Gasteiger partial charge >= 0.3 is 0 Å². The van der Waals surface area contributed by atoms with E-state index in [9.17, 15) is 21.6 Å². The molecule has 0 spiro atoms. The van der Waals surface area contributed by atoms with Crippen molar-refractivity contribution in [2.45, 2.75) is 29.1 Å². The van der Waals surface area contributed by atoms with Gasteiger partial charge in [-0.2, -0.15) is 4.31 Å². The van der Waals surface area contributed by atoms with Crippen molar-refractivity contribution < 1.29 is 40.6 Å². The highest BCUT2D eigenvalue weighted by Crippen LogP contribution is 2.37. The Hall–Kier alpha value is -4.01. The SMILES string of the molecule is COc1ccc(OC)c(N(CC(=O)Nc2ccc(S(=O)(=O)N3CCCCC3)cc2)S(=O)(=O)c2ccc(OC)c(OC)c2)c1. The third-order valence-electron chi connectivity index (χ3n) is 6.98. The summed E-state index contributed by atoms with van der Waals surface area (Å²) in [5.74, 6) is 0.361. The average molecular weight is 634 g/mol. The molecular weight excluding hydrogens is 598 g/mol. The van der Waals surface area contributed by atoms with Crippen LogP contribution in [0.2, 0.25) is 0 Å². The van der Waals surface area contributed by atoms with Crippen LogP contribution in [-0.4, -0.2) is 75.1 Å². The van der Waals surface area contributed by atoms with Gasteiger partial charge in [-0.3, -0.25) is 9.10 Å². The summed E-state index contributed by atoms with van der Waals surface area (Å²) in [7, 11) is -2.40. The molecule has 0 atom stereocenters. The molecule has 1 aliphatic heterocycles. The van der Waals surface area contributed by atoms with Crippen LogP contribution in [0.5, 0.6) is 23.0 Å². The zero-order valence-corrected chi connectivity index (χ0v) is 26.0. The summed E-state index contributed by atoms with van der Waals surface area (Å²) in [6.07, 6.45) is 2.62. The molecule has 3 aromatic carbocycles. The normalized spacial score (nSPS) is 14.0. The van der Waals surface area contributed by atoms with E-state index in [1.54, 1.807) is 6.07 Å². The van der Waals surface area contributed by atoms with Crippen molar-refractivity contribution in [3.63, 3.8) is 0 Å². The summed E-state index contributed by atoms with van der Waals surface area (Å²) < 4.78 is 77.7. The van der Waals surface area contributed by atoms with Gasteiger partial charge in [0.25, 0.3) is 10.0 Å². The minimum Gasteiger partial charge on any atom is -0.497 e. The Kier molecular flexibility index (Phi) is 10.0. The third-order valence-corrected chi connectivity index (χ3v) is 10.6. The lowest BCUT2D eigenvalue weighted by Gasteiger charge is -2.26. The lowest BCUT2D eigenvalue weighted by atomic mass is 10.2. The average Bonchev–Trinajstić information content (AvgIpc) is 3.03. The first-order valence-corrected chi connectivity index (χ1v) is 16.3. The summed E-state index contributed by atoms with van der Waals surface area (Å²) in [6, 6.07) is 14.4. The summed E-state index contributed by atoms with van der Waals surface area (Å²) in [6.45, 7) is 0.298. The van der Waals surface area contributed by atoms with Crippen molar-refractivity contribution in [1.82, 2.24) is 4.31 Å². The molecule has 3 aromatic rings. The second-order valence-corrected chi connectivity index (χ2v) is 13.4. The highest BCUT2D eigenvalue weighted by molar-refractivity contribution is 7.93. The summed E-state index contributed by atoms with van der Waals surface area (Å²) in [5.41, 5.74) is 0.360. The van der Waals surface area contributed by atoms with Crippen molar-refractivity contribution in [3.05, 3.63) is 60.7 Å².